The van der Waals surface area contributed by atoms with Crippen LogP contribution in [0.15, 0.2) is 4.52 Å². The highest BCUT2D eigenvalue weighted by Crippen LogP contribution is 2.26. The van der Waals surface area contributed by atoms with Crippen molar-refractivity contribution in [3.05, 3.63) is 11.7 Å². The van der Waals surface area contributed by atoms with E-state index in [2.05, 4.69) is 54.7 Å². The molecule has 0 spiro atoms. The van der Waals surface area contributed by atoms with E-state index in [1.54, 1.807) is 0 Å². The summed E-state index contributed by atoms with van der Waals surface area (Å²) in [6, 6.07) is 0.230. The van der Waals surface area contributed by atoms with Gasteiger partial charge in [0, 0.05) is 12.5 Å². The summed E-state index contributed by atoms with van der Waals surface area (Å²) in [5.74, 6) is 2.74. The number of piperidine rings is 1. The average molecular weight is 322 g/mol. The van der Waals surface area contributed by atoms with Gasteiger partial charge in [0.1, 0.15) is 0 Å². The third-order valence-electron chi connectivity index (χ3n) is 4.99. The fourth-order valence-electron chi connectivity index (χ4n) is 3.29. The molecule has 2 heterocycles. The predicted octanol–water partition coefficient (Wildman–Crippen LogP) is 3.70. The van der Waals surface area contributed by atoms with Crippen LogP contribution >= 0.6 is 0 Å². The maximum Gasteiger partial charge on any atom is 0.243 e. The molecule has 0 aliphatic carbocycles. The zero-order valence-electron chi connectivity index (χ0n) is 15.6. The van der Waals surface area contributed by atoms with E-state index in [1.807, 2.05) is 0 Å². The highest BCUT2D eigenvalue weighted by molar-refractivity contribution is 4.96. The lowest BCUT2D eigenvalue weighted by Crippen LogP contribution is -2.39. The fraction of sp³-hybridized carbons (Fsp3) is 0.889. The molecule has 0 saturated carbocycles. The molecule has 23 heavy (non-hydrogen) atoms. The van der Waals surface area contributed by atoms with Crippen molar-refractivity contribution < 1.29 is 4.52 Å². The minimum atomic E-state index is 0.230. The van der Waals surface area contributed by atoms with Gasteiger partial charge in [0.15, 0.2) is 5.82 Å². The highest BCUT2D eigenvalue weighted by Gasteiger charge is 2.27. The second-order valence-corrected chi connectivity index (χ2v) is 7.42. The normalized spacial score (nSPS) is 18.9. The number of likely N-dealkylation sites (tertiary alicyclic amines) is 1. The largest absolute Gasteiger partial charge is 0.338 e. The summed E-state index contributed by atoms with van der Waals surface area (Å²) >= 11 is 0. The van der Waals surface area contributed by atoms with Gasteiger partial charge in [-0.15, -0.1) is 0 Å². The zero-order valence-corrected chi connectivity index (χ0v) is 15.6. The minimum absolute atomic E-state index is 0.230. The van der Waals surface area contributed by atoms with Crippen LogP contribution in [0, 0.1) is 5.92 Å². The Morgan fingerprint density at radius 3 is 2.52 bits per heavy atom. The van der Waals surface area contributed by atoms with Gasteiger partial charge in [0.05, 0.1) is 6.04 Å². The molecule has 5 nitrogen and oxygen atoms in total. The van der Waals surface area contributed by atoms with E-state index < -0.39 is 0 Å². The lowest BCUT2D eigenvalue weighted by molar-refractivity contribution is 0.105. The molecule has 1 aliphatic heterocycles. The summed E-state index contributed by atoms with van der Waals surface area (Å²) in [5.41, 5.74) is 0. The van der Waals surface area contributed by atoms with Crippen molar-refractivity contribution >= 4 is 0 Å². The lowest BCUT2D eigenvalue weighted by Gasteiger charge is -2.36. The quantitative estimate of drug-likeness (QED) is 0.730. The van der Waals surface area contributed by atoms with Gasteiger partial charge in [-0.3, -0.25) is 4.90 Å². The first-order valence-electron chi connectivity index (χ1n) is 9.27. The van der Waals surface area contributed by atoms with E-state index in [9.17, 15) is 0 Å². The van der Waals surface area contributed by atoms with Gasteiger partial charge in [-0.25, -0.2) is 0 Å². The monoisotopic (exact) mass is 322 g/mol. The number of rotatable bonds is 8. The standard InChI is InChI=1S/C18H34N4O/c1-6-7-10-21(5)13-16-8-11-22(12-9-16)15(4)18-19-17(14(2)3)20-23-18/h14-16H,6-13H2,1-5H3/t15-/m1/s1. The Morgan fingerprint density at radius 2 is 1.96 bits per heavy atom. The summed E-state index contributed by atoms with van der Waals surface area (Å²) in [4.78, 5) is 9.54. The van der Waals surface area contributed by atoms with E-state index in [-0.39, 0.29) is 6.04 Å². The van der Waals surface area contributed by atoms with Crippen molar-refractivity contribution in [3.8, 4) is 0 Å². The van der Waals surface area contributed by atoms with E-state index in [1.165, 1.54) is 38.8 Å². The second-order valence-electron chi connectivity index (χ2n) is 7.42. The molecular weight excluding hydrogens is 288 g/mol. The Kier molecular flexibility index (Phi) is 7.03. The topological polar surface area (TPSA) is 45.4 Å². The van der Waals surface area contributed by atoms with Crippen LogP contribution in [-0.2, 0) is 0 Å². The van der Waals surface area contributed by atoms with Crippen molar-refractivity contribution in [2.24, 2.45) is 5.92 Å². The molecule has 1 aromatic heterocycles. The van der Waals surface area contributed by atoms with Crippen LogP contribution in [0.1, 0.15) is 77.1 Å². The summed E-state index contributed by atoms with van der Waals surface area (Å²) in [6.45, 7) is 13.4. The third kappa shape index (κ3) is 5.28. The van der Waals surface area contributed by atoms with E-state index in [0.29, 0.717) is 5.92 Å². The van der Waals surface area contributed by atoms with Gasteiger partial charge in [-0.1, -0.05) is 32.3 Å². The van der Waals surface area contributed by atoms with Crippen molar-refractivity contribution in [3.63, 3.8) is 0 Å². The third-order valence-corrected chi connectivity index (χ3v) is 4.99. The molecule has 0 N–H and O–H groups in total. The Morgan fingerprint density at radius 1 is 1.26 bits per heavy atom. The van der Waals surface area contributed by atoms with Crippen LogP contribution < -0.4 is 0 Å². The van der Waals surface area contributed by atoms with Gasteiger partial charge < -0.3 is 9.42 Å². The van der Waals surface area contributed by atoms with Crippen LogP contribution in [0.5, 0.6) is 0 Å². The summed E-state index contributed by atoms with van der Waals surface area (Å²) in [5, 5.41) is 4.10. The molecule has 0 aromatic carbocycles. The maximum atomic E-state index is 5.47. The van der Waals surface area contributed by atoms with E-state index in [0.717, 1.165) is 30.7 Å². The van der Waals surface area contributed by atoms with Crippen molar-refractivity contribution in [1.82, 2.24) is 19.9 Å². The fourth-order valence-corrected chi connectivity index (χ4v) is 3.29. The van der Waals surface area contributed by atoms with Crippen LogP contribution in [0.2, 0.25) is 0 Å². The van der Waals surface area contributed by atoms with E-state index in [4.69, 9.17) is 4.52 Å². The smallest absolute Gasteiger partial charge is 0.243 e. The minimum Gasteiger partial charge on any atom is -0.338 e. The van der Waals surface area contributed by atoms with Crippen molar-refractivity contribution in [2.75, 3.05) is 33.2 Å². The Labute approximate surface area is 141 Å². The summed E-state index contributed by atoms with van der Waals surface area (Å²) in [7, 11) is 2.26. The average Bonchev–Trinajstić information content (AvgIpc) is 3.03. The lowest BCUT2D eigenvalue weighted by atomic mass is 9.95. The van der Waals surface area contributed by atoms with E-state index >= 15 is 0 Å². The Hall–Kier alpha value is -0.940. The number of nitrogens with zero attached hydrogens (tertiary/aromatic N) is 4. The predicted molar refractivity (Wildman–Crippen MR) is 93.5 cm³/mol. The molecule has 1 fully saturated rings. The second kappa shape index (κ2) is 8.78. The molecule has 0 bridgehead atoms. The molecule has 1 aliphatic rings. The van der Waals surface area contributed by atoms with Gasteiger partial charge in [-0.2, -0.15) is 4.98 Å². The first kappa shape index (κ1) is 18.4. The van der Waals surface area contributed by atoms with Gasteiger partial charge in [-0.05, 0) is 58.8 Å². The molecule has 0 amide bonds. The number of hydrogen-bond acceptors (Lipinski definition) is 5. The highest BCUT2D eigenvalue weighted by atomic mass is 16.5. The van der Waals surface area contributed by atoms with Crippen LogP contribution in [-0.4, -0.2) is 53.2 Å². The molecule has 0 unspecified atom stereocenters. The molecule has 5 heteroatoms. The molecule has 1 atom stereocenters. The molecule has 1 saturated heterocycles. The van der Waals surface area contributed by atoms with Crippen LogP contribution in [0.4, 0.5) is 0 Å². The van der Waals surface area contributed by atoms with Crippen molar-refractivity contribution in [1.29, 1.82) is 0 Å². The van der Waals surface area contributed by atoms with Crippen LogP contribution in [0.3, 0.4) is 0 Å². The molecule has 1 aromatic rings. The SMILES string of the molecule is CCCCN(C)CC1CCN([C@H](C)c2nc(C(C)C)no2)CC1. The molecule has 132 valence electrons. The van der Waals surface area contributed by atoms with Gasteiger partial charge >= 0.3 is 0 Å². The molecule has 0 radical (unpaired) electrons. The van der Waals surface area contributed by atoms with Gasteiger partial charge in [0.25, 0.3) is 0 Å². The Bertz CT molecular complexity index is 452. The first-order valence-corrected chi connectivity index (χ1v) is 9.27. The summed E-state index contributed by atoms with van der Waals surface area (Å²) in [6.07, 6.45) is 5.13. The molecule has 2 rings (SSSR count). The number of unbranched alkanes of at least 4 members (excludes halogenated alkanes) is 1. The number of aromatic nitrogens is 2. The first-order chi connectivity index (χ1) is 11.0. The van der Waals surface area contributed by atoms with Crippen molar-refractivity contribution in [2.45, 2.75) is 65.3 Å². The van der Waals surface area contributed by atoms with Gasteiger partial charge in [0.2, 0.25) is 5.89 Å². The Balaban J connectivity index is 1.79. The maximum absolute atomic E-state index is 5.47. The zero-order chi connectivity index (χ0) is 16.8. The number of hydrogen-bond donors (Lipinski definition) is 0. The molecular formula is C18H34N4O. The summed E-state index contributed by atoms with van der Waals surface area (Å²) < 4.78 is 5.47. The van der Waals surface area contributed by atoms with Crippen LogP contribution in [0.25, 0.3) is 0 Å².